The molecule has 3 heterocycles. The highest BCUT2D eigenvalue weighted by Crippen LogP contribution is 2.34. The van der Waals surface area contributed by atoms with Gasteiger partial charge < -0.3 is 4.42 Å². The lowest BCUT2D eigenvalue weighted by atomic mass is 10.0. The van der Waals surface area contributed by atoms with Gasteiger partial charge in [-0.3, -0.25) is 14.4 Å². The molecule has 0 aliphatic carbocycles. The van der Waals surface area contributed by atoms with E-state index in [2.05, 4.69) is 25.0 Å². The number of thiazole rings is 1. The number of benzene rings is 2. The molecule has 0 aliphatic heterocycles. The van der Waals surface area contributed by atoms with Gasteiger partial charge in [-0.1, -0.05) is 55.5 Å². The maximum Gasteiger partial charge on any atom is 0.349 e. The van der Waals surface area contributed by atoms with Crippen LogP contribution in [0.25, 0.3) is 21.2 Å². The van der Waals surface area contributed by atoms with Gasteiger partial charge in [0.05, 0.1) is 22.5 Å². The second-order valence-electron chi connectivity index (χ2n) is 8.94. The van der Waals surface area contributed by atoms with Gasteiger partial charge in [-0.15, -0.1) is 0 Å². The Morgan fingerprint density at radius 1 is 1.11 bits per heavy atom. The van der Waals surface area contributed by atoms with E-state index >= 15 is 0 Å². The number of amides is 1. The molecule has 178 valence electrons. The maximum atomic E-state index is 13.8. The van der Waals surface area contributed by atoms with Crippen LogP contribution in [0.2, 0.25) is 0 Å². The molecular formula is C27H26N4O3S. The third kappa shape index (κ3) is 4.37. The van der Waals surface area contributed by atoms with Crippen LogP contribution in [-0.2, 0) is 6.54 Å². The summed E-state index contributed by atoms with van der Waals surface area (Å²) in [5.74, 6) is -0.142. The fourth-order valence-corrected chi connectivity index (χ4v) is 5.30. The molecule has 2 aromatic carbocycles. The molecule has 0 unspecified atom stereocenters. The molecule has 0 atom stereocenters. The number of anilines is 1. The highest BCUT2D eigenvalue weighted by atomic mass is 32.1. The van der Waals surface area contributed by atoms with E-state index < -0.39 is 11.5 Å². The van der Waals surface area contributed by atoms with Crippen LogP contribution in [-0.4, -0.2) is 27.2 Å². The van der Waals surface area contributed by atoms with E-state index in [4.69, 9.17) is 9.40 Å². The minimum Gasteiger partial charge on any atom is -0.422 e. The molecule has 7 nitrogen and oxygen atoms in total. The molecule has 0 aliphatic rings. The van der Waals surface area contributed by atoms with Crippen LogP contribution in [0.3, 0.4) is 0 Å². The number of carbonyl (C=O) groups excluding carboxylic acids is 1. The number of rotatable bonds is 6. The van der Waals surface area contributed by atoms with E-state index in [9.17, 15) is 9.59 Å². The van der Waals surface area contributed by atoms with Gasteiger partial charge in [-0.05, 0) is 49.6 Å². The summed E-state index contributed by atoms with van der Waals surface area (Å²) in [5.41, 5.74) is 3.71. The Morgan fingerprint density at radius 2 is 1.91 bits per heavy atom. The van der Waals surface area contributed by atoms with Crippen LogP contribution in [0, 0.1) is 13.8 Å². The first-order chi connectivity index (χ1) is 16.8. The first-order valence-electron chi connectivity index (χ1n) is 11.6. The minimum absolute atomic E-state index is 0.0135. The highest BCUT2D eigenvalue weighted by molar-refractivity contribution is 7.22. The molecule has 0 N–H and O–H groups in total. The molecule has 0 fully saturated rings. The smallest absolute Gasteiger partial charge is 0.349 e. The number of carbonyl (C=O) groups is 1. The fraction of sp³-hybridized carbons (Fsp3) is 0.259. The van der Waals surface area contributed by atoms with Gasteiger partial charge in [0, 0.05) is 17.6 Å². The molecule has 0 bridgehead atoms. The molecule has 5 aromatic rings. The Morgan fingerprint density at radius 3 is 2.66 bits per heavy atom. The van der Waals surface area contributed by atoms with Gasteiger partial charge in [-0.25, -0.2) is 9.78 Å². The van der Waals surface area contributed by atoms with Gasteiger partial charge in [0.25, 0.3) is 5.91 Å². The fourth-order valence-electron chi connectivity index (χ4n) is 4.28. The second-order valence-corrected chi connectivity index (χ2v) is 9.95. The van der Waals surface area contributed by atoms with Gasteiger partial charge in [0.1, 0.15) is 11.1 Å². The van der Waals surface area contributed by atoms with Crippen LogP contribution >= 0.6 is 11.3 Å². The zero-order valence-corrected chi connectivity index (χ0v) is 20.9. The number of nitrogens with zero attached hydrogens (tertiary/aromatic N) is 4. The molecule has 3 aromatic heterocycles. The largest absolute Gasteiger partial charge is 0.422 e. The third-order valence-electron chi connectivity index (χ3n) is 6.05. The summed E-state index contributed by atoms with van der Waals surface area (Å²) < 4.78 is 8.32. The summed E-state index contributed by atoms with van der Waals surface area (Å²) >= 11 is 1.45. The van der Waals surface area contributed by atoms with Crippen molar-refractivity contribution in [2.75, 3.05) is 11.4 Å². The van der Waals surface area contributed by atoms with Crippen molar-refractivity contribution in [3.63, 3.8) is 0 Å². The van der Waals surface area contributed by atoms with Gasteiger partial charge >= 0.3 is 5.63 Å². The summed E-state index contributed by atoms with van der Waals surface area (Å²) in [4.78, 5) is 33.1. The number of aromatic nitrogens is 3. The molecule has 8 heteroatoms. The quantitative estimate of drug-likeness (QED) is 0.288. The maximum absolute atomic E-state index is 13.8. The first-order valence-corrected chi connectivity index (χ1v) is 12.4. The van der Waals surface area contributed by atoms with Crippen LogP contribution < -0.4 is 10.5 Å². The zero-order chi connectivity index (χ0) is 24.7. The Labute approximate surface area is 206 Å². The lowest BCUT2D eigenvalue weighted by molar-refractivity contribution is 0.0982. The van der Waals surface area contributed by atoms with Crippen molar-refractivity contribution >= 4 is 43.6 Å². The Kier molecular flexibility index (Phi) is 5.98. The highest BCUT2D eigenvalue weighted by Gasteiger charge is 2.26. The van der Waals surface area contributed by atoms with Gasteiger partial charge in [0.15, 0.2) is 5.13 Å². The monoisotopic (exact) mass is 486 g/mol. The number of hydrogen-bond donors (Lipinski definition) is 0. The third-order valence-corrected chi connectivity index (χ3v) is 7.09. The normalized spacial score (nSPS) is 11.6. The summed E-state index contributed by atoms with van der Waals surface area (Å²) in [6.07, 6.45) is 0. The van der Waals surface area contributed by atoms with Crippen molar-refractivity contribution in [1.29, 1.82) is 0 Å². The molecule has 0 spiro atoms. The lowest BCUT2D eigenvalue weighted by Crippen LogP contribution is -2.36. The van der Waals surface area contributed by atoms with Crippen molar-refractivity contribution < 1.29 is 9.21 Å². The predicted molar refractivity (Wildman–Crippen MR) is 140 cm³/mol. The Hall–Kier alpha value is -3.78. The van der Waals surface area contributed by atoms with Crippen LogP contribution in [0.4, 0.5) is 5.13 Å². The standard InChI is InChI=1S/C27H26N4O3S/c1-16(2)20-9-7-11-23-24(20)28-27(35-23)30(12-13-31-18(4)14-17(3)29-31)25(32)21-15-19-8-5-6-10-22(19)34-26(21)33/h5-11,14-16H,12-13H2,1-4H3. The SMILES string of the molecule is Cc1cc(C)n(CCN(C(=O)c2cc3ccccc3oc2=O)c2nc3c(C(C)C)cccc3s2)n1. The summed E-state index contributed by atoms with van der Waals surface area (Å²) in [6, 6.07) is 16.9. The topological polar surface area (TPSA) is 81.2 Å². The van der Waals surface area contributed by atoms with E-state index in [1.54, 1.807) is 23.1 Å². The number of fused-ring (bicyclic) bond motifs is 2. The van der Waals surface area contributed by atoms with Crippen LogP contribution in [0.15, 0.2) is 63.8 Å². The van der Waals surface area contributed by atoms with Crippen molar-refractivity contribution in [2.45, 2.75) is 40.2 Å². The summed E-state index contributed by atoms with van der Waals surface area (Å²) in [7, 11) is 0. The van der Waals surface area contributed by atoms with Gasteiger partial charge in [-0.2, -0.15) is 5.10 Å². The van der Waals surface area contributed by atoms with Crippen molar-refractivity contribution in [3.8, 4) is 0 Å². The van der Waals surface area contributed by atoms with Crippen molar-refractivity contribution in [3.05, 3.63) is 87.5 Å². The van der Waals surface area contributed by atoms with E-state index in [1.165, 1.54) is 11.3 Å². The van der Waals surface area contributed by atoms with E-state index in [0.29, 0.717) is 35.1 Å². The number of hydrogen-bond acceptors (Lipinski definition) is 6. The van der Waals surface area contributed by atoms with E-state index in [1.807, 2.05) is 48.9 Å². The predicted octanol–water partition coefficient (Wildman–Crippen LogP) is 5.69. The molecule has 0 radical (unpaired) electrons. The van der Waals surface area contributed by atoms with Crippen molar-refractivity contribution in [1.82, 2.24) is 14.8 Å². The molecule has 0 saturated carbocycles. The summed E-state index contributed by atoms with van der Waals surface area (Å²) in [5, 5.41) is 5.77. The van der Waals surface area contributed by atoms with Crippen LogP contribution in [0.1, 0.15) is 47.1 Å². The Bertz CT molecular complexity index is 1610. The first kappa shape index (κ1) is 23.0. The average molecular weight is 487 g/mol. The summed E-state index contributed by atoms with van der Waals surface area (Å²) in [6.45, 7) is 8.95. The molecular weight excluding hydrogens is 460 g/mol. The van der Waals surface area contributed by atoms with Crippen molar-refractivity contribution in [2.24, 2.45) is 0 Å². The van der Waals surface area contributed by atoms with E-state index in [0.717, 1.165) is 27.2 Å². The minimum atomic E-state index is -0.659. The van der Waals surface area contributed by atoms with Crippen LogP contribution in [0.5, 0.6) is 0 Å². The van der Waals surface area contributed by atoms with E-state index in [-0.39, 0.29) is 5.56 Å². The number of para-hydroxylation sites is 2. The molecule has 1 amide bonds. The Balaban J connectivity index is 1.60. The number of aryl methyl sites for hydroxylation is 2. The molecule has 35 heavy (non-hydrogen) atoms. The zero-order valence-electron chi connectivity index (χ0n) is 20.1. The average Bonchev–Trinajstić information content (AvgIpc) is 3.40. The van der Waals surface area contributed by atoms with Gasteiger partial charge in [0.2, 0.25) is 0 Å². The lowest BCUT2D eigenvalue weighted by Gasteiger charge is -2.20. The second kappa shape index (κ2) is 9.11. The molecule has 5 rings (SSSR count). The molecule has 0 saturated heterocycles.